The molecule has 0 amide bonds. The van der Waals surface area contributed by atoms with Gasteiger partial charge in [-0.2, -0.15) is 13.2 Å². The van der Waals surface area contributed by atoms with E-state index in [-0.39, 0.29) is 12.1 Å². The largest absolute Gasteiger partial charge is 0.486 e. The van der Waals surface area contributed by atoms with E-state index in [2.05, 4.69) is 9.97 Å². The average molecular weight is 325 g/mol. The van der Waals surface area contributed by atoms with Crippen LogP contribution in [0.5, 0.6) is 11.5 Å². The zero-order chi connectivity index (χ0) is 16.4. The van der Waals surface area contributed by atoms with Crippen LogP contribution in [0.25, 0.3) is 0 Å². The predicted molar refractivity (Wildman–Crippen MR) is 76.7 cm³/mol. The molecule has 23 heavy (non-hydrogen) atoms. The molecule has 1 atom stereocenters. The van der Waals surface area contributed by atoms with Crippen molar-refractivity contribution in [1.82, 2.24) is 9.97 Å². The van der Waals surface area contributed by atoms with Gasteiger partial charge in [-0.05, 0) is 18.2 Å². The summed E-state index contributed by atoms with van der Waals surface area (Å²) in [5, 5.41) is 0. The standard InChI is InChI=1S/C15H14F3N3O2/c1-21(14-19-7-6-13(20-14)15(16,17)18)8-10-9-22-11-4-2-3-5-12(11)23-10/h2-7,10H,8-9H2,1H3/t10-/m1/s1. The number of benzene rings is 1. The minimum atomic E-state index is -4.50. The summed E-state index contributed by atoms with van der Waals surface area (Å²) in [4.78, 5) is 8.94. The lowest BCUT2D eigenvalue weighted by molar-refractivity contribution is -0.141. The lowest BCUT2D eigenvalue weighted by atomic mass is 10.2. The highest BCUT2D eigenvalue weighted by Gasteiger charge is 2.33. The van der Waals surface area contributed by atoms with Gasteiger partial charge in [-0.25, -0.2) is 9.97 Å². The van der Waals surface area contributed by atoms with Crippen molar-refractivity contribution in [1.29, 1.82) is 0 Å². The molecule has 0 fully saturated rings. The summed E-state index contributed by atoms with van der Waals surface area (Å²) in [5.74, 6) is 1.26. The van der Waals surface area contributed by atoms with Crippen molar-refractivity contribution in [3.63, 3.8) is 0 Å². The van der Waals surface area contributed by atoms with Gasteiger partial charge in [0, 0.05) is 13.2 Å². The average Bonchev–Trinajstić information content (AvgIpc) is 2.54. The smallest absolute Gasteiger partial charge is 0.433 e. The van der Waals surface area contributed by atoms with Crippen LogP contribution in [0.4, 0.5) is 19.1 Å². The number of alkyl halides is 3. The highest BCUT2D eigenvalue weighted by atomic mass is 19.4. The summed E-state index contributed by atoms with van der Waals surface area (Å²) in [7, 11) is 1.61. The Kier molecular flexibility index (Phi) is 3.97. The number of hydrogen-bond donors (Lipinski definition) is 0. The number of ether oxygens (including phenoxy) is 2. The van der Waals surface area contributed by atoms with Crippen molar-refractivity contribution < 1.29 is 22.6 Å². The molecule has 1 aliphatic rings. The third-order valence-electron chi connectivity index (χ3n) is 3.32. The lowest BCUT2D eigenvalue weighted by Crippen LogP contribution is -2.40. The van der Waals surface area contributed by atoms with Crippen LogP contribution in [-0.4, -0.2) is 36.3 Å². The third-order valence-corrected chi connectivity index (χ3v) is 3.32. The lowest BCUT2D eigenvalue weighted by Gasteiger charge is -2.29. The molecule has 0 spiro atoms. The fourth-order valence-corrected chi connectivity index (χ4v) is 2.23. The number of rotatable bonds is 3. The van der Waals surface area contributed by atoms with Gasteiger partial charge in [-0.3, -0.25) is 0 Å². The Morgan fingerprint density at radius 2 is 1.96 bits per heavy atom. The Morgan fingerprint density at radius 1 is 1.22 bits per heavy atom. The van der Waals surface area contributed by atoms with E-state index in [4.69, 9.17) is 9.47 Å². The molecule has 0 radical (unpaired) electrons. The molecule has 2 heterocycles. The van der Waals surface area contributed by atoms with Gasteiger partial charge in [0.15, 0.2) is 17.6 Å². The Bertz CT molecular complexity index is 694. The Labute approximate surface area is 130 Å². The number of hydrogen-bond acceptors (Lipinski definition) is 5. The van der Waals surface area contributed by atoms with Gasteiger partial charge in [-0.1, -0.05) is 12.1 Å². The number of fused-ring (bicyclic) bond motifs is 1. The van der Waals surface area contributed by atoms with Gasteiger partial charge in [0.1, 0.15) is 12.3 Å². The maximum absolute atomic E-state index is 12.7. The minimum absolute atomic E-state index is 0.0118. The topological polar surface area (TPSA) is 47.5 Å². The van der Waals surface area contributed by atoms with Crippen LogP contribution < -0.4 is 14.4 Å². The summed E-state index contributed by atoms with van der Waals surface area (Å²) < 4.78 is 49.5. The number of nitrogens with zero attached hydrogens (tertiary/aromatic N) is 3. The highest BCUT2D eigenvalue weighted by Crippen LogP contribution is 2.31. The fourth-order valence-electron chi connectivity index (χ4n) is 2.23. The van der Waals surface area contributed by atoms with E-state index in [1.54, 1.807) is 19.2 Å². The molecule has 122 valence electrons. The van der Waals surface area contributed by atoms with Crippen molar-refractivity contribution in [3.8, 4) is 11.5 Å². The summed E-state index contributed by atoms with van der Waals surface area (Å²) in [6.45, 7) is 0.607. The van der Waals surface area contributed by atoms with Crippen LogP contribution in [-0.2, 0) is 6.18 Å². The van der Waals surface area contributed by atoms with Crippen molar-refractivity contribution >= 4 is 5.95 Å². The first kappa shape index (κ1) is 15.4. The highest BCUT2D eigenvalue weighted by molar-refractivity contribution is 5.41. The Morgan fingerprint density at radius 3 is 2.70 bits per heavy atom. The van der Waals surface area contributed by atoms with Crippen molar-refractivity contribution in [3.05, 3.63) is 42.2 Å². The Balaban J connectivity index is 1.70. The zero-order valence-corrected chi connectivity index (χ0v) is 12.2. The molecule has 0 N–H and O–H groups in total. The molecule has 3 rings (SSSR count). The van der Waals surface area contributed by atoms with E-state index < -0.39 is 11.9 Å². The van der Waals surface area contributed by atoms with Crippen LogP contribution in [0.15, 0.2) is 36.5 Å². The molecule has 8 heteroatoms. The maximum atomic E-state index is 12.7. The number of aromatic nitrogens is 2. The predicted octanol–water partition coefficient (Wildman–Crippen LogP) is 2.77. The molecule has 0 unspecified atom stereocenters. The summed E-state index contributed by atoms with van der Waals surface area (Å²) in [5.41, 5.74) is -0.972. The maximum Gasteiger partial charge on any atom is 0.433 e. The zero-order valence-electron chi connectivity index (χ0n) is 12.2. The molecule has 0 bridgehead atoms. The van der Waals surface area contributed by atoms with Gasteiger partial charge in [0.2, 0.25) is 5.95 Å². The molecule has 0 saturated heterocycles. The number of likely N-dealkylation sites (N-methyl/N-ethyl adjacent to an activating group) is 1. The van der Waals surface area contributed by atoms with E-state index in [1.165, 1.54) is 4.90 Å². The van der Waals surface area contributed by atoms with E-state index >= 15 is 0 Å². The molecule has 1 aromatic carbocycles. The molecular formula is C15H14F3N3O2. The molecular weight excluding hydrogens is 311 g/mol. The van der Waals surface area contributed by atoms with Crippen LogP contribution in [0.3, 0.4) is 0 Å². The quantitative estimate of drug-likeness (QED) is 0.868. The second-order valence-electron chi connectivity index (χ2n) is 5.12. The van der Waals surface area contributed by atoms with Crippen LogP contribution >= 0.6 is 0 Å². The third kappa shape index (κ3) is 3.46. The normalized spacial score (nSPS) is 17.0. The van der Waals surface area contributed by atoms with E-state index in [9.17, 15) is 13.2 Å². The van der Waals surface area contributed by atoms with Gasteiger partial charge < -0.3 is 14.4 Å². The van der Waals surface area contributed by atoms with E-state index in [0.29, 0.717) is 24.7 Å². The molecule has 0 saturated carbocycles. The molecule has 0 aliphatic carbocycles. The fraction of sp³-hybridized carbons (Fsp3) is 0.333. The molecule has 2 aromatic rings. The molecule has 1 aromatic heterocycles. The number of para-hydroxylation sites is 2. The van der Waals surface area contributed by atoms with Crippen LogP contribution in [0.1, 0.15) is 5.69 Å². The first-order valence-electron chi connectivity index (χ1n) is 6.93. The van der Waals surface area contributed by atoms with Gasteiger partial charge in [-0.15, -0.1) is 0 Å². The van der Waals surface area contributed by atoms with Crippen molar-refractivity contribution in [2.75, 3.05) is 25.1 Å². The minimum Gasteiger partial charge on any atom is -0.486 e. The van der Waals surface area contributed by atoms with Crippen LogP contribution in [0.2, 0.25) is 0 Å². The SMILES string of the molecule is CN(C[C@@H]1COc2ccccc2O1)c1nccc(C(F)(F)F)n1. The summed E-state index contributed by atoms with van der Waals surface area (Å²) in [6, 6.07) is 8.08. The van der Waals surface area contributed by atoms with Gasteiger partial charge >= 0.3 is 6.18 Å². The second kappa shape index (κ2) is 5.94. The van der Waals surface area contributed by atoms with Crippen molar-refractivity contribution in [2.45, 2.75) is 12.3 Å². The van der Waals surface area contributed by atoms with E-state index in [1.807, 2.05) is 12.1 Å². The molecule has 1 aliphatic heterocycles. The Hall–Kier alpha value is -2.51. The summed E-state index contributed by atoms with van der Waals surface area (Å²) >= 11 is 0. The summed E-state index contributed by atoms with van der Waals surface area (Å²) in [6.07, 6.45) is -3.73. The first-order chi connectivity index (χ1) is 10.9. The monoisotopic (exact) mass is 325 g/mol. The molecule has 5 nitrogen and oxygen atoms in total. The number of anilines is 1. The number of halogens is 3. The second-order valence-corrected chi connectivity index (χ2v) is 5.12. The van der Waals surface area contributed by atoms with Gasteiger partial charge in [0.05, 0.1) is 6.54 Å². The first-order valence-corrected chi connectivity index (χ1v) is 6.93. The van der Waals surface area contributed by atoms with Crippen LogP contribution in [0, 0.1) is 0 Å². The van der Waals surface area contributed by atoms with Gasteiger partial charge in [0.25, 0.3) is 0 Å². The van der Waals surface area contributed by atoms with E-state index in [0.717, 1.165) is 12.3 Å². The van der Waals surface area contributed by atoms with Crippen molar-refractivity contribution in [2.24, 2.45) is 0 Å².